The first kappa shape index (κ1) is 15.3. The maximum atomic E-state index is 11.9. The van der Waals surface area contributed by atoms with E-state index in [2.05, 4.69) is 5.32 Å². The Kier molecular flexibility index (Phi) is 5.67. The summed E-state index contributed by atoms with van der Waals surface area (Å²) in [5.74, 6) is 1.40. The number of rotatable bonds is 6. The molecule has 1 unspecified atom stereocenters. The Labute approximate surface area is 115 Å². The van der Waals surface area contributed by atoms with Gasteiger partial charge in [0.2, 0.25) is 5.91 Å². The summed E-state index contributed by atoms with van der Waals surface area (Å²) >= 11 is 0. The number of hydrogen-bond acceptors (Lipinski definition) is 3. The lowest BCUT2D eigenvalue weighted by Gasteiger charge is -2.15. The van der Waals surface area contributed by atoms with E-state index in [4.69, 9.17) is 9.47 Å². The fourth-order valence-corrected chi connectivity index (χ4v) is 1.88. The normalized spacial score (nSPS) is 12.1. The van der Waals surface area contributed by atoms with Crippen LogP contribution in [0.5, 0.6) is 11.5 Å². The third-order valence-electron chi connectivity index (χ3n) is 2.87. The zero-order valence-corrected chi connectivity index (χ0v) is 12.3. The molecule has 106 valence electrons. The summed E-state index contributed by atoms with van der Waals surface area (Å²) in [6.45, 7) is 5.84. The summed E-state index contributed by atoms with van der Waals surface area (Å²) < 4.78 is 10.4. The number of ether oxygens (including phenoxy) is 2. The Morgan fingerprint density at radius 1 is 1.16 bits per heavy atom. The second kappa shape index (κ2) is 7.02. The highest BCUT2D eigenvalue weighted by atomic mass is 16.5. The Morgan fingerprint density at radius 2 is 1.79 bits per heavy atom. The lowest BCUT2D eigenvalue weighted by molar-refractivity contribution is -0.124. The highest BCUT2D eigenvalue weighted by molar-refractivity contribution is 5.78. The van der Waals surface area contributed by atoms with Crippen LogP contribution >= 0.6 is 0 Å². The van der Waals surface area contributed by atoms with Gasteiger partial charge >= 0.3 is 0 Å². The third-order valence-corrected chi connectivity index (χ3v) is 2.87. The lowest BCUT2D eigenvalue weighted by atomic mass is 9.99. The Morgan fingerprint density at radius 3 is 2.32 bits per heavy atom. The smallest absolute Gasteiger partial charge is 0.223 e. The molecule has 1 N–H and O–H groups in total. The predicted molar refractivity (Wildman–Crippen MR) is 75.7 cm³/mol. The van der Waals surface area contributed by atoms with E-state index in [1.165, 1.54) is 0 Å². The fourth-order valence-electron chi connectivity index (χ4n) is 1.88. The Bertz CT molecular complexity index is 429. The van der Waals surface area contributed by atoms with Gasteiger partial charge in [0.1, 0.15) is 0 Å². The molecule has 19 heavy (non-hydrogen) atoms. The summed E-state index contributed by atoms with van der Waals surface area (Å²) in [6, 6.07) is 5.90. The zero-order valence-electron chi connectivity index (χ0n) is 12.3. The predicted octanol–water partition coefficient (Wildman–Crippen LogP) is 2.41. The van der Waals surface area contributed by atoms with E-state index in [1.54, 1.807) is 14.2 Å². The van der Waals surface area contributed by atoms with Gasteiger partial charge in [0.15, 0.2) is 11.5 Å². The van der Waals surface area contributed by atoms with Gasteiger partial charge in [-0.25, -0.2) is 0 Å². The van der Waals surface area contributed by atoms with Crippen LogP contribution in [-0.4, -0.2) is 26.2 Å². The highest BCUT2D eigenvalue weighted by Gasteiger charge is 2.15. The van der Waals surface area contributed by atoms with E-state index in [1.807, 2.05) is 39.0 Å². The Hall–Kier alpha value is -1.71. The van der Waals surface area contributed by atoms with Crippen molar-refractivity contribution in [1.29, 1.82) is 0 Å². The van der Waals surface area contributed by atoms with E-state index < -0.39 is 0 Å². The molecular formula is C15H23NO3. The fraction of sp³-hybridized carbons (Fsp3) is 0.533. The molecule has 1 aromatic carbocycles. The van der Waals surface area contributed by atoms with E-state index in [0.29, 0.717) is 17.9 Å². The molecule has 0 heterocycles. The molecule has 0 aliphatic heterocycles. The average molecular weight is 265 g/mol. The summed E-state index contributed by atoms with van der Waals surface area (Å²) in [4.78, 5) is 11.9. The van der Waals surface area contributed by atoms with Gasteiger partial charge in [0, 0.05) is 12.0 Å². The van der Waals surface area contributed by atoms with Gasteiger partial charge in [0.25, 0.3) is 0 Å². The summed E-state index contributed by atoms with van der Waals surface area (Å²) in [6.07, 6.45) is 0.679. The van der Waals surface area contributed by atoms with Crippen molar-refractivity contribution < 1.29 is 14.3 Å². The molecule has 4 heteroatoms. The number of benzene rings is 1. The minimum Gasteiger partial charge on any atom is -0.493 e. The number of nitrogens with one attached hydrogen (secondary N) is 1. The molecule has 1 rings (SSSR count). The SMILES string of the molecule is COc1ccc(CC(C)C(=O)NC(C)C)cc1OC. The molecular weight excluding hydrogens is 242 g/mol. The van der Waals surface area contributed by atoms with Crippen LogP contribution in [0, 0.1) is 5.92 Å². The van der Waals surface area contributed by atoms with Crippen LogP contribution in [0.3, 0.4) is 0 Å². The number of carbonyl (C=O) groups is 1. The molecule has 0 saturated heterocycles. The van der Waals surface area contributed by atoms with E-state index >= 15 is 0 Å². The topological polar surface area (TPSA) is 47.6 Å². The second-order valence-corrected chi connectivity index (χ2v) is 4.96. The molecule has 0 aliphatic rings. The molecule has 0 spiro atoms. The molecule has 0 saturated carbocycles. The van der Waals surface area contributed by atoms with Gasteiger partial charge in [-0.05, 0) is 38.0 Å². The summed E-state index contributed by atoms with van der Waals surface area (Å²) in [7, 11) is 3.22. The van der Waals surface area contributed by atoms with Crippen LogP contribution in [0.2, 0.25) is 0 Å². The van der Waals surface area contributed by atoms with Gasteiger partial charge < -0.3 is 14.8 Å². The van der Waals surface area contributed by atoms with Crippen molar-refractivity contribution in [2.45, 2.75) is 33.2 Å². The van der Waals surface area contributed by atoms with Gasteiger partial charge in [-0.2, -0.15) is 0 Å². The second-order valence-electron chi connectivity index (χ2n) is 4.96. The first-order valence-corrected chi connectivity index (χ1v) is 6.49. The first-order valence-electron chi connectivity index (χ1n) is 6.49. The quantitative estimate of drug-likeness (QED) is 0.859. The molecule has 0 fully saturated rings. The van der Waals surface area contributed by atoms with Crippen LogP contribution in [0.25, 0.3) is 0 Å². The van der Waals surface area contributed by atoms with Gasteiger partial charge in [0.05, 0.1) is 14.2 Å². The largest absolute Gasteiger partial charge is 0.493 e. The van der Waals surface area contributed by atoms with E-state index in [0.717, 1.165) is 5.56 Å². The summed E-state index contributed by atoms with van der Waals surface area (Å²) in [5, 5.41) is 2.92. The van der Waals surface area contributed by atoms with Crippen molar-refractivity contribution >= 4 is 5.91 Å². The van der Waals surface area contributed by atoms with Gasteiger partial charge in [-0.3, -0.25) is 4.79 Å². The van der Waals surface area contributed by atoms with Crippen molar-refractivity contribution in [3.8, 4) is 11.5 Å². The average Bonchev–Trinajstić information content (AvgIpc) is 2.37. The highest BCUT2D eigenvalue weighted by Crippen LogP contribution is 2.28. The minimum atomic E-state index is -0.0690. The minimum absolute atomic E-state index is 0.0690. The first-order chi connectivity index (χ1) is 8.97. The molecule has 0 aliphatic carbocycles. The molecule has 0 aromatic heterocycles. The maximum absolute atomic E-state index is 11.9. The van der Waals surface area contributed by atoms with Crippen LogP contribution in [0.1, 0.15) is 26.3 Å². The molecule has 1 aromatic rings. The number of methoxy groups -OCH3 is 2. The standard InChI is InChI=1S/C15H23NO3/c1-10(2)16-15(17)11(3)8-12-6-7-13(18-4)14(9-12)19-5/h6-7,9-11H,8H2,1-5H3,(H,16,17). The lowest BCUT2D eigenvalue weighted by Crippen LogP contribution is -2.35. The van der Waals surface area contributed by atoms with Crippen molar-refractivity contribution in [1.82, 2.24) is 5.32 Å². The maximum Gasteiger partial charge on any atom is 0.223 e. The Balaban J connectivity index is 2.74. The molecule has 4 nitrogen and oxygen atoms in total. The monoisotopic (exact) mass is 265 g/mol. The van der Waals surface area contributed by atoms with Crippen molar-refractivity contribution in [2.75, 3.05) is 14.2 Å². The molecule has 1 amide bonds. The number of amides is 1. The molecule has 0 bridgehead atoms. The van der Waals surface area contributed by atoms with Crippen LogP contribution in [-0.2, 0) is 11.2 Å². The van der Waals surface area contributed by atoms with Gasteiger partial charge in [-0.1, -0.05) is 13.0 Å². The van der Waals surface area contributed by atoms with Crippen molar-refractivity contribution in [3.63, 3.8) is 0 Å². The number of hydrogen-bond donors (Lipinski definition) is 1. The van der Waals surface area contributed by atoms with E-state index in [-0.39, 0.29) is 17.9 Å². The van der Waals surface area contributed by atoms with Crippen LogP contribution in [0.15, 0.2) is 18.2 Å². The summed E-state index contributed by atoms with van der Waals surface area (Å²) in [5.41, 5.74) is 1.06. The van der Waals surface area contributed by atoms with Crippen molar-refractivity contribution in [3.05, 3.63) is 23.8 Å². The van der Waals surface area contributed by atoms with Crippen LogP contribution in [0.4, 0.5) is 0 Å². The zero-order chi connectivity index (χ0) is 14.4. The number of carbonyl (C=O) groups excluding carboxylic acids is 1. The molecule has 0 radical (unpaired) electrons. The molecule has 1 atom stereocenters. The van der Waals surface area contributed by atoms with Gasteiger partial charge in [-0.15, -0.1) is 0 Å². The third kappa shape index (κ3) is 4.47. The van der Waals surface area contributed by atoms with E-state index in [9.17, 15) is 4.79 Å². The van der Waals surface area contributed by atoms with Crippen molar-refractivity contribution in [2.24, 2.45) is 5.92 Å². The van der Waals surface area contributed by atoms with Crippen LogP contribution < -0.4 is 14.8 Å².